The molecule has 6 nitrogen and oxygen atoms in total. The highest BCUT2D eigenvalue weighted by atomic mass is 35.5. The third kappa shape index (κ3) is 3.77. The molecule has 0 spiro atoms. The summed E-state index contributed by atoms with van der Waals surface area (Å²) in [5.74, 6) is 0.644. The molecule has 1 aromatic heterocycles. The van der Waals surface area contributed by atoms with Crippen molar-refractivity contribution in [2.75, 3.05) is 11.9 Å². The van der Waals surface area contributed by atoms with Crippen molar-refractivity contribution in [3.05, 3.63) is 52.5 Å². The summed E-state index contributed by atoms with van der Waals surface area (Å²) >= 11 is 6.01. The number of amides is 2. The maximum absolute atomic E-state index is 11.4. The molecule has 1 aliphatic heterocycles. The second-order valence-electron chi connectivity index (χ2n) is 6.12. The van der Waals surface area contributed by atoms with E-state index in [0.717, 1.165) is 16.8 Å². The molecule has 1 aromatic rings. The standard InChI is InChI=1S/C16H19ClN5OP/c1-16(24)5-3-2-4-10(6-16)7-19-13-11-8-22(15(18)23)9-12(11)20-14(17)21-13/h2-6H,7-9,24H2,1H3,(H2,18,23)(H,19,20,21). The number of allylic oxidation sites excluding steroid dienone is 4. The van der Waals surface area contributed by atoms with Crippen molar-refractivity contribution in [1.82, 2.24) is 14.9 Å². The van der Waals surface area contributed by atoms with Crippen LogP contribution in [0.25, 0.3) is 0 Å². The summed E-state index contributed by atoms with van der Waals surface area (Å²) < 4.78 is 0. The molecule has 0 saturated carbocycles. The molecule has 0 fully saturated rings. The minimum atomic E-state index is -0.477. The van der Waals surface area contributed by atoms with Crippen molar-refractivity contribution in [1.29, 1.82) is 0 Å². The van der Waals surface area contributed by atoms with Crippen molar-refractivity contribution in [3.63, 3.8) is 0 Å². The molecule has 126 valence electrons. The summed E-state index contributed by atoms with van der Waals surface area (Å²) in [6, 6.07) is -0.477. The summed E-state index contributed by atoms with van der Waals surface area (Å²) in [5.41, 5.74) is 8.09. The molecule has 24 heavy (non-hydrogen) atoms. The van der Waals surface area contributed by atoms with E-state index >= 15 is 0 Å². The van der Waals surface area contributed by atoms with Gasteiger partial charge in [-0.15, -0.1) is 9.24 Å². The molecule has 2 aliphatic rings. The van der Waals surface area contributed by atoms with E-state index in [1.165, 1.54) is 4.90 Å². The highest BCUT2D eigenvalue weighted by Gasteiger charge is 2.27. The summed E-state index contributed by atoms with van der Waals surface area (Å²) in [7, 11) is 2.82. The topological polar surface area (TPSA) is 84.1 Å². The number of hydrogen-bond donors (Lipinski definition) is 2. The lowest BCUT2D eigenvalue weighted by Crippen LogP contribution is -2.30. The van der Waals surface area contributed by atoms with Gasteiger partial charge < -0.3 is 16.0 Å². The fourth-order valence-corrected chi connectivity index (χ4v) is 3.27. The second-order valence-corrected chi connectivity index (χ2v) is 7.70. The Morgan fingerprint density at radius 2 is 2.25 bits per heavy atom. The van der Waals surface area contributed by atoms with Gasteiger partial charge in [0.15, 0.2) is 0 Å². The van der Waals surface area contributed by atoms with E-state index < -0.39 is 6.03 Å². The molecule has 2 atom stereocenters. The SMILES string of the molecule is CC1(P)C=CC=CC(CNc2nc(Cl)nc3c2CN(C(N)=O)C3)=C1. The maximum Gasteiger partial charge on any atom is 0.315 e. The highest BCUT2D eigenvalue weighted by Crippen LogP contribution is 2.29. The Balaban J connectivity index is 1.80. The Labute approximate surface area is 148 Å². The number of nitrogens with one attached hydrogen (secondary N) is 1. The lowest BCUT2D eigenvalue weighted by Gasteiger charge is -2.16. The van der Waals surface area contributed by atoms with Crippen LogP contribution in [0.3, 0.4) is 0 Å². The van der Waals surface area contributed by atoms with Crippen molar-refractivity contribution in [3.8, 4) is 0 Å². The normalized spacial score (nSPS) is 22.1. The highest BCUT2D eigenvalue weighted by molar-refractivity contribution is 7.19. The zero-order valence-electron chi connectivity index (χ0n) is 13.3. The zero-order chi connectivity index (χ0) is 17.3. The molecular formula is C16H19ClN5OP. The summed E-state index contributed by atoms with van der Waals surface area (Å²) in [6.45, 7) is 3.46. The molecule has 2 heterocycles. The number of fused-ring (bicyclic) bond motifs is 1. The van der Waals surface area contributed by atoms with Crippen LogP contribution < -0.4 is 11.1 Å². The van der Waals surface area contributed by atoms with Crippen LogP contribution >= 0.6 is 20.8 Å². The van der Waals surface area contributed by atoms with Gasteiger partial charge in [-0.1, -0.05) is 30.4 Å². The molecule has 0 saturated heterocycles. The Bertz CT molecular complexity index is 772. The average molecular weight is 364 g/mol. The van der Waals surface area contributed by atoms with E-state index in [2.05, 4.69) is 49.7 Å². The summed E-state index contributed by atoms with van der Waals surface area (Å²) in [5, 5.41) is 3.38. The fourth-order valence-electron chi connectivity index (χ4n) is 2.76. The zero-order valence-corrected chi connectivity index (χ0v) is 15.2. The Kier molecular flexibility index (Phi) is 4.61. The molecule has 8 heteroatoms. The third-order valence-corrected chi connectivity index (χ3v) is 4.43. The Morgan fingerprint density at radius 1 is 1.46 bits per heavy atom. The van der Waals surface area contributed by atoms with Gasteiger partial charge in [-0.05, 0) is 24.1 Å². The third-order valence-electron chi connectivity index (χ3n) is 3.90. The van der Waals surface area contributed by atoms with Crippen molar-refractivity contribution < 1.29 is 4.79 Å². The van der Waals surface area contributed by atoms with Crippen molar-refractivity contribution in [2.24, 2.45) is 5.73 Å². The minimum absolute atomic E-state index is 0.0887. The number of aromatic nitrogens is 2. The second kappa shape index (κ2) is 6.54. The molecule has 3 N–H and O–H groups in total. The number of nitrogens with zero attached hydrogens (tertiary/aromatic N) is 3. The van der Waals surface area contributed by atoms with Gasteiger partial charge in [0.1, 0.15) is 5.82 Å². The first-order chi connectivity index (χ1) is 11.3. The molecule has 1 aliphatic carbocycles. The van der Waals surface area contributed by atoms with E-state index in [1.54, 1.807) is 0 Å². The van der Waals surface area contributed by atoms with Gasteiger partial charge in [0, 0.05) is 17.3 Å². The molecule has 2 amide bonds. The van der Waals surface area contributed by atoms with Crippen LogP contribution in [0.2, 0.25) is 5.28 Å². The molecule has 3 rings (SSSR count). The molecule has 0 aromatic carbocycles. The molecule has 0 radical (unpaired) electrons. The predicted octanol–water partition coefficient (Wildman–Crippen LogP) is 2.62. The fraction of sp³-hybridized carbons (Fsp3) is 0.312. The number of halogens is 1. The van der Waals surface area contributed by atoms with Gasteiger partial charge in [0.25, 0.3) is 0 Å². The van der Waals surface area contributed by atoms with Gasteiger partial charge in [-0.3, -0.25) is 0 Å². The van der Waals surface area contributed by atoms with E-state index in [9.17, 15) is 4.79 Å². The largest absolute Gasteiger partial charge is 0.366 e. The maximum atomic E-state index is 11.4. The van der Waals surface area contributed by atoms with Crippen LogP contribution in [0.5, 0.6) is 0 Å². The van der Waals surface area contributed by atoms with Gasteiger partial charge in [-0.25, -0.2) is 14.8 Å². The number of primary amides is 1. The predicted molar refractivity (Wildman–Crippen MR) is 98.8 cm³/mol. The Hall–Kier alpha value is -1.91. The Morgan fingerprint density at radius 3 is 3.00 bits per heavy atom. The first-order valence-electron chi connectivity index (χ1n) is 7.54. The number of urea groups is 1. The van der Waals surface area contributed by atoms with Crippen LogP contribution in [-0.4, -0.2) is 32.6 Å². The van der Waals surface area contributed by atoms with Crippen molar-refractivity contribution >= 4 is 32.7 Å². The quantitative estimate of drug-likeness (QED) is 0.638. The molecule has 0 bridgehead atoms. The van der Waals surface area contributed by atoms with Crippen LogP contribution in [0.15, 0.2) is 36.0 Å². The van der Waals surface area contributed by atoms with Crippen LogP contribution in [0.4, 0.5) is 10.6 Å². The average Bonchev–Trinajstić information content (AvgIpc) is 2.84. The number of nitrogens with two attached hydrogens (primary N) is 1. The van der Waals surface area contributed by atoms with Crippen molar-refractivity contribution in [2.45, 2.75) is 25.2 Å². The van der Waals surface area contributed by atoms with E-state index in [0.29, 0.717) is 25.5 Å². The van der Waals surface area contributed by atoms with Gasteiger partial charge in [0.05, 0.1) is 18.8 Å². The van der Waals surface area contributed by atoms with E-state index in [4.69, 9.17) is 17.3 Å². The number of anilines is 1. The van der Waals surface area contributed by atoms with Gasteiger partial charge >= 0.3 is 6.03 Å². The van der Waals surface area contributed by atoms with Gasteiger partial charge in [0.2, 0.25) is 5.28 Å². The van der Waals surface area contributed by atoms with Crippen LogP contribution in [0.1, 0.15) is 18.2 Å². The lowest BCUT2D eigenvalue weighted by atomic mass is 10.1. The van der Waals surface area contributed by atoms with Crippen LogP contribution in [0, 0.1) is 0 Å². The molecular weight excluding hydrogens is 345 g/mol. The van der Waals surface area contributed by atoms with E-state index in [-0.39, 0.29) is 10.4 Å². The number of hydrogen-bond acceptors (Lipinski definition) is 4. The first kappa shape index (κ1) is 16.9. The van der Waals surface area contributed by atoms with E-state index in [1.807, 2.05) is 12.2 Å². The number of carbonyl (C=O) groups excluding carboxylic acids is 1. The molecule has 2 unspecified atom stereocenters. The number of carbonyl (C=O) groups is 1. The lowest BCUT2D eigenvalue weighted by molar-refractivity contribution is 0.208. The summed E-state index contributed by atoms with van der Waals surface area (Å²) in [6.07, 6.45) is 10.4. The minimum Gasteiger partial charge on any atom is -0.366 e. The monoisotopic (exact) mass is 363 g/mol. The van der Waals surface area contributed by atoms with Crippen LogP contribution in [-0.2, 0) is 13.1 Å². The van der Waals surface area contributed by atoms with Gasteiger partial charge in [-0.2, -0.15) is 0 Å². The first-order valence-corrected chi connectivity index (χ1v) is 8.50. The smallest absolute Gasteiger partial charge is 0.315 e. The summed E-state index contributed by atoms with van der Waals surface area (Å²) in [4.78, 5) is 21.4. The number of rotatable bonds is 3.